The first-order chi connectivity index (χ1) is 25.5. The van der Waals surface area contributed by atoms with E-state index in [0.717, 1.165) is 39.2 Å². The summed E-state index contributed by atoms with van der Waals surface area (Å²) in [6.07, 6.45) is 0. The van der Waals surface area contributed by atoms with Crippen LogP contribution in [0, 0.1) is 0 Å². The Morgan fingerprint density at radius 1 is 0.423 bits per heavy atom. The van der Waals surface area contributed by atoms with Crippen LogP contribution in [0.25, 0.3) is 87.5 Å². The molecule has 9 aromatic rings. The molecular formula is C49H34N2S. The lowest BCUT2D eigenvalue weighted by molar-refractivity contribution is 0.661. The van der Waals surface area contributed by atoms with Crippen molar-refractivity contribution in [2.75, 3.05) is 0 Å². The molecule has 246 valence electrons. The Morgan fingerprint density at radius 2 is 0.981 bits per heavy atom. The highest BCUT2D eigenvalue weighted by atomic mass is 32.1. The summed E-state index contributed by atoms with van der Waals surface area (Å²) in [5.41, 5.74) is 15.0. The first-order valence-electron chi connectivity index (χ1n) is 17.8. The molecule has 0 amide bonds. The number of hydrogen-bond acceptors (Lipinski definition) is 3. The van der Waals surface area contributed by atoms with Crippen molar-refractivity contribution in [2.24, 2.45) is 0 Å². The lowest BCUT2D eigenvalue weighted by atomic mass is 9.82. The zero-order valence-electron chi connectivity index (χ0n) is 29.0. The molecule has 10 rings (SSSR count). The van der Waals surface area contributed by atoms with E-state index in [-0.39, 0.29) is 5.41 Å². The van der Waals surface area contributed by atoms with Gasteiger partial charge in [0.2, 0.25) is 0 Å². The minimum Gasteiger partial charge on any atom is -0.228 e. The molecule has 52 heavy (non-hydrogen) atoms. The minimum absolute atomic E-state index is 0.0861. The number of thiophene rings is 1. The topological polar surface area (TPSA) is 25.8 Å². The molecule has 2 nitrogen and oxygen atoms in total. The second-order valence-electron chi connectivity index (χ2n) is 14.1. The summed E-state index contributed by atoms with van der Waals surface area (Å²) in [5, 5.41) is 2.68. The Balaban J connectivity index is 1.15. The van der Waals surface area contributed by atoms with Crippen LogP contribution < -0.4 is 0 Å². The van der Waals surface area contributed by atoms with Gasteiger partial charge >= 0.3 is 0 Å². The zero-order valence-corrected chi connectivity index (χ0v) is 29.8. The molecule has 0 aliphatic heterocycles. The average molecular weight is 683 g/mol. The summed E-state index contributed by atoms with van der Waals surface area (Å²) < 4.78 is 2.72. The SMILES string of the molecule is CC1(C)c2ccc(-c3ccccc3-c3ccccc3-c3nc(-c4ccccc4)cc(-c4ccccc4)n3)cc2-c2c1ccc1c2sc2ccccc21. The highest BCUT2D eigenvalue weighted by Crippen LogP contribution is 2.54. The summed E-state index contributed by atoms with van der Waals surface area (Å²) in [5.74, 6) is 0.711. The van der Waals surface area contributed by atoms with Gasteiger partial charge in [0.25, 0.3) is 0 Å². The van der Waals surface area contributed by atoms with E-state index in [2.05, 4.69) is 172 Å². The molecule has 0 saturated heterocycles. The van der Waals surface area contributed by atoms with Crippen LogP contribution in [0.2, 0.25) is 0 Å². The van der Waals surface area contributed by atoms with Crippen molar-refractivity contribution in [3.63, 3.8) is 0 Å². The molecule has 0 bridgehead atoms. The van der Waals surface area contributed by atoms with Gasteiger partial charge in [-0.2, -0.15) is 0 Å². The Hall–Kier alpha value is -6.16. The van der Waals surface area contributed by atoms with Crippen LogP contribution in [0.15, 0.2) is 170 Å². The highest BCUT2D eigenvalue weighted by Gasteiger charge is 2.37. The number of rotatable bonds is 5. The standard InChI is InChI=1S/C49H34N2S/c1-49(2)41-27-25-33(29-40(41)46-42(49)28-26-38-37-22-13-14-24-45(37)52-47(38)46)34-19-9-10-20-35(34)36-21-11-12-23-39(36)48-50-43(31-15-5-3-6-16-31)30-44(51-48)32-17-7-4-8-18-32/h3-30H,1-2H3. The van der Waals surface area contributed by atoms with Gasteiger partial charge in [0.15, 0.2) is 5.82 Å². The van der Waals surface area contributed by atoms with Crippen LogP contribution in [0.4, 0.5) is 0 Å². The fourth-order valence-electron chi connectivity index (χ4n) is 8.15. The third-order valence-corrected chi connectivity index (χ3v) is 11.9. The van der Waals surface area contributed by atoms with Crippen LogP contribution in [0.5, 0.6) is 0 Å². The van der Waals surface area contributed by atoms with Crippen molar-refractivity contribution < 1.29 is 0 Å². The molecule has 0 radical (unpaired) electrons. The van der Waals surface area contributed by atoms with E-state index in [1.54, 1.807) is 0 Å². The molecule has 3 heteroatoms. The predicted molar refractivity (Wildman–Crippen MR) is 220 cm³/mol. The maximum Gasteiger partial charge on any atom is 0.161 e. The van der Waals surface area contributed by atoms with E-state index in [1.165, 1.54) is 53.6 Å². The number of fused-ring (bicyclic) bond motifs is 7. The van der Waals surface area contributed by atoms with Crippen LogP contribution in [-0.2, 0) is 5.41 Å². The van der Waals surface area contributed by atoms with Gasteiger partial charge in [0, 0.05) is 47.8 Å². The molecule has 0 unspecified atom stereocenters. The molecule has 7 aromatic carbocycles. The van der Waals surface area contributed by atoms with Crippen molar-refractivity contribution in [2.45, 2.75) is 19.3 Å². The molecular weight excluding hydrogens is 649 g/mol. The number of nitrogens with zero attached hydrogens (tertiary/aromatic N) is 2. The molecule has 1 aliphatic rings. The molecule has 0 fully saturated rings. The van der Waals surface area contributed by atoms with Crippen molar-refractivity contribution in [1.29, 1.82) is 0 Å². The van der Waals surface area contributed by atoms with Crippen molar-refractivity contribution in [3.05, 3.63) is 181 Å². The maximum absolute atomic E-state index is 5.21. The Labute approximate surface area is 307 Å². The second kappa shape index (κ2) is 12.0. The molecule has 0 saturated carbocycles. The third-order valence-electron chi connectivity index (χ3n) is 10.7. The van der Waals surface area contributed by atoms with Crippen LogP contribution in [-0.4, -0.2) is 9.97 Å². The summed E-state index contributed by atoms with van der Waals surface area (Å²) in [4.78, 5) is 10.4. The zero-order chi connectivity index (χ0) is 34.8. The van der Waals surface area contributed by atoms with Gasteiger partial charge in [-0.25, -0.2) is 9.97 Å². The highest BCUT2D eigenvalue weighted by molar-refractivity contribution is 7.26. The number of benzene rings is 7. The fraction of sp³-hybridized carbons (Fsp3) is 0.0612. The van der Waals surface area contributed by atoms with Crippen molar-refractivity contribution in [3.8, 4) is 67.3 Å². The molecule has 2 aromatic heterocycles. The largest absolute Gasteiger partial charge is 0.228 e. The third kappa shape index (κ3) is 4.85. The lowest BCUT2D eigenvalue weighted by Crippen LogP contribution is -2.14. The smallest absolute Gasteiger partial charge is 0.161 e. The van der Waals surface area contributed by atoms with E-state index < -0.39 is 0 Å². The fourth-order valence-corrected chi connectivity index (χ4v) is 9.41. The van der Waals surface area contributed by atoms with E-state index >= 15 is 0 Å². The molecule has 0 spiro atoms. The molecule has 1 aliphatic carbocycles. The molecule has 0 atom stereocenters. The Kier molecular flexibility index (Phi) is 7.06. The molecule has 0 N–H and O–H groups in total. The van der Waals surface area contributed by atoms with Crippen LogP contribution in [0.3, 0.4) is 0 Å². The van der Waals surface area contributed by atoms with Crippen LogP contribution >= 0.6 is 11.3 Å². The van der Waals surface area contributed by atoms with Gasteiger partial charge in [-0.15, -0.1) is 11.3 Å². The summed E-state index contributed by atoms with van der Waals surface area (Å²) in [7, 11) is 0. The van der Waals surface area contributed by atoms with Gasteiger partial charge in [-0.1, -0.05) is 166 Å². The van der Waals surface area contributed by atoms with E-state index in [1.807, 2.05) is 23.5 Å². The first-order valence-corrected chi connectivity index (χ1v) is 18.6. The molecule has 2 heterocycles. The van der Waals surface area contributed by atoms with Gasteiger partial charge < -0.3 is 0 Å². The first kappa shape index (κ1) is 30.6. The predicted octanol–water partition coefficient (Wildman–Crippen LogP) is 13.5. The summed E-state index contributed by atoms with van der Waals surface area (Å²) in [6, 6.07) is 60.9. The van der Waals surface area contributed by atoms with Gasteiger partial charge in [0.1, 0.15) is 0 Å². The van der Waals surface area contributed by atoms with E-state index in [9.17, 15) is 0 Å². The van der Waals surface area contributed by atoms with E-state index in [4.69, 9.17) is 9.97 Å². The Bertz CT molecular complexity index is 2760. The second-order valence-corrected chi connectivity index (χ2v) is 15.2. The summed E-state index contributed by atoms with van der Waals surface area (Å²) in [6.45, 7) is 4.74. The van der Waals surface area contributed by atoms with Crippen LogP contribution in [0.1, 0.15) is 25.0 Å². The van der Waals surface area contributed by atoms with Gasteiger partial charge in [-0.05, 0) is 57.1 Å². The summed E-state index contributed by atoms with van der Waals surface area (Å²) >= 11 is 1.92. The van der Waals surface area contributed by atoms with Gasteiger partial charge in [-0.3, -0.25) is 0 Å². The minimum atomic E-state index is -0.0861. The van der Waals surface area contributed by atoms with Gasteiger partial charge in [0.05, 0.1) is 11.4 Å². The number of aromatic nitrogens is 2. The number of hydrogen-bond donors (Lipinski definition) is 0. The van der Waals surface area contributed by atoms with Crippen molar-refractivity contribution in [1.82, 2.24) is 9.97 Å². The van der Waals surface area contributed by atoms with E-state index in [0.29, 0.717) is 5.82 Å². The van der Waals surface area contributed by atoms with Crippen molar-refractivity contribution >= 4 is 31.5 Å². The quantitative estimate of drug-likeness (QED) is 0.181. The normalized spacial score (nSPS) is 13.0. The monoisotopic (exact) mass is 682 g/mol. The maximum atomic E-state index is 5.21. The lowest BCUT2D eigenvalue weighted by Gasteiger charge is -2.21. The Morgan fingerprint density at radius 3 is 1.67 bits per heavy atom. The average Bonchev–Trinajstić information content (AvgIpc) is 3.70.